The van der Waals surface area contributed by atoms with Gasteiger partial charge in [-0.2, -0.15) is 18.2 Å². The minimum absolute atomic E-state index is 0.00695. The summed E-state index contributed by atoms with van der Waals surface area (Å²) in [5, 5.41) is 6.25. The van der Waals surface area contributed by atoms with Crippen LogP contribution in [0.1, 0.15) is 59.4 Å². The predicted octanol–water partition coefficient (Wildman–Crippen LogP) is 5.97. The van der Waals surface area contributed by atoms with E-state index in [0.29, 0.717) is 31.9 Å². The number of likely N-dealkylation sites (tertiary alicyclic amines) is 1. The van der Waals surface area contributed by atoms with Crippen LogP contribution in [0.25, 0.3) is 0 Å². The van der Waals surface area contributed by atoms with Crippen molar-refractivity contribution in [3.63, 3.8) is 0 Å². The molecule has 0 unspecified atom stereocenters. The van der Waals surface area contributed by atoms with Gasteiger partial charge >= 0.3 is 6.18 Å². The second-order valence-electron chi connectivity index (χ2n) is 12.0. The number of benzene rings is 1. The number of hydrogen-bond acceptors (Lipinski definition) is 7. The van der Waals surface area contributed by atoms with Gasteiger partial charge in [0.15, 0.2) is 11.6 Å². The Bertz CT molecular complexity index is 1130. The summed E-state index contributed by atoms with van der Waals surface area (Å²) in [4.78, 5) is 14.8. The molecular weight excluding hydrogens is 510 g/mol. The third-order valence-electron chi connectivity index (χ3n) is 8.20. The molecule has 0 radical (unpaired) electrons. The van der Waals surface area contributed by atoms with Crippen molar-refractivity contribution >= 4 is 23.1 Å². The van der Waals surface area contributed by atoms with Crippen molar-refractivity contribution in [2.24, 2.45) is 0 Å². The highest BCUT2D eigenvalue weighted by Crippen LogP contribution is 2.40. The Balaban J connectivity index is 1.54. The molecule has 0 amide bonds. The van der Waals surface area contributed by atoms with Crippen LogP contribution in [0.15, 0.2) is 24.4 Å². The Morgan fingerprint density at radius 2 is 1.67 bits per heavy atom. The fourth-order valence-electron chi connectivity index (χ4n) is 5.96. The van der Waals surface area contributed by atoms with E-state index in [4.69, 9.17) is 0 Å². The predicted molar refractivity (Wildman–Crippen MR) is 148 cm³/mol. The molecule has 2 aliphatic heterocycles. The summed E-state index contributed by atoms with van der Waals surface area (Å²) in [6.45, 7) is 14.1. The number of alkyl halides is 3. The van der Waals surface area contributed by atoms with Crippen molar-refractivity contribution in [3.05, 3.63) is 35.8 Å². The lowest BCUT2D eigenvalue weighted by molar-refractivity contribution is -0.137. The highest BCUT2D eigenvalue weighted by atomic mass is 19.4. The molecule has 3 heterocycles. The smallest absolute Gasteiger partial charge is 0.368 e. The number of nitrogens with zero attached hydrogens (tertiary/aromatic N) is 5. The number of anilines is 4. The van der Waals surface area contributed by atoms with Gasteiger partial charge in [-0.15, -0.1) is 0 Å². The van der Waals surface area contributed by atoms with Crippen LogP contribution in [0.4, 0.5) is 40.7 Å². The van der Waals surface area contributed by atoms with E-state index in [9.17, 15) is 17.6 Å². The van der Waals surface area contributed by atoms with E-state index in [0.717, 1.165) is 38.1 Å². The minimum atomic E-state index is -4.48. The molecule has 1 aromatic heterocycles. The normalized spacial score (nSPS) is 20.7. The standard InChI is InChI=1S/C28H41F4N7/c1-7-10-38-11-13-39(14-12-38)23-15-19(8-9-21(23)28(30,31)32)35-25-33-18-22(29)24(36-25)34-20-16-26(2,3)37(6)27(4,5)17-20/h8-9,15,18,20H,7,10-14,16-17H2,1-6H3,(H2,33,34,35,36). The van der Waals surface area contributed by atoms with Crippen molar-refractivity contribution in [1.29, 1.82) is 0 Å². The molecule has 0 bridgehead atoms. The zero-order chi connectivity index (χ0) is 28.6. The van der Waals surface area contributed by atoms with Gasteiger partial charge in [-0.3, -0.25) is 9.80 Å². The number of halogens is 4. The lowest BCUT2D eigenvalue weighted by atomic mass is 9.77. The molecule has 0 spiro atoms. The van der Waals surface area contributed by atoms with Crippen molar-refractivity contribution in [1.82, 2.24) is 19.8 Å². The molecule has 11 heteroatoms. The zero-order valence-electron chi connectivity index (χ0n) is 23.8. The summed E-state index contributed by atoms with van der Waals surface area (Å²) < 4.78 is 56.4. The summed E-state index contributed by atoms with van der Waals surface area (Å²) in [5.74, 6) is -0.384. The van der Waals surface area contributed by atoms with Crippen LogP contribution < -0.4 is 15.5 Å². The first kappa shape index (κ1) is 29.3. The number of rotatable bonds is 7. The molecule has 2 aliphatic rings. The van der Waals surface area contributed by atoms with Crippen LogP contribution in [0, 0.1) is 5.82 Å². The van der Waals surface area contributed by atoms with Crippen LogP contribution in [0.2, 0.25) is 0 Å². The number of hydrogen-bond donors (Lipinski definition) is 2. The number of aromatic nitrogens is 2. The van der Waals surface area contributed by atoms with Crippen molar-refractivity contribution < 1.29 is 17.6 Å². The van der Waals surface area contributed by atoms with E-state index < -0.39 is 17.6 Å². The first-order chi connectivity index (χ1) is 18.2. The Morgan fingerprint density at radius 3 is 2.26 bits per heavy atom. The van der Waals surface area contributed by atoms with Gasteiger partial charge in [-0.05, 0) is 78.7 Å². The second kappa shape index (κ2) is 11.1. The zero-order valence-corrected chi connectivity index (χ0v) is 23.8. The molecule has 0 aliphatic carbocycles. The lowest BCUT2D eigenvalue weighted by Crippen LogP contribution is -2.61. The molecule has 216 valence electrons. The monoisotopic (exact) mass is 551 g/mol. The molecule has 7 nitrogen and oxygen atoms in total. The molecule has 2 saturated heterocycles. The van der Waals surface area contributed by atoms with Crippen molar-refractivity contribution in [3.8, 4) is 0 Å². The Labute approximate surface area is 229 Å². The van der Waals surface area contributed by atoms with Crippen molar-refractivity contribution in [2.45, 2.75) is 77.2 Å². The van der Waals surface area contributed by atoms with Gasteiger partial charge in [0.1, 0.15) is 0 Å². The van der Waals surface area contributed by atoms with Gasteiger partial charge in [0.25, 0.3) is 0 Å². The van der Waals surface area contributed by atoms with E-state index in [1.807, 2.05) is 0 Å². The Hall–Kier alpha value is -2.66. The second-order valence-corrected chi connectivity index (χ2v) is 12.0. The van der Waals surface area contributed by atoms with Gasteiger partial charge in [-0.1, -0.05) is 6.92 Å². The largest absolute Gasteiger partial charge is 0.418 e. The molecule has 2 aromatic rings. The SMILES string of the molecule is CCCN1CCN(c2cc(Nc3ncc(F)c(NC4CC(C)(C)N(C)C(C)(C)C4)n3)ccc2C(F)(F)F)CC1. The van der Waals surface area contributed by atoms with Gasteiger partial charge in [0, 0.05) is 49.0 Å². The molecule has 2 N–H and O–H groups in total. The van der Waals surface area contributed by atoms with Gasteiger partial charge < -0.3 is 15.5 Å². The third-order valence-corrected chi connectivity index (χ3v) is 8.20. The number of piperidine rings is 1. The van der Waals surface area contributed by atoms with Crippen LogP contribution in [-0.4, -0.2) is 76.7 Å². The minimum Gasteiger partial charge on any atom is -0.368 e. The number of piperazine rings is 1. The highest BCUT2D eigenvalue weighted by molar-refractivity contribution is 5.67. The molecule has 0 saturated carbocycles. The van der Waals surface area contributed by atoms with E-state index >= 15 is 0 Å². The summed E-state index contributed by atoms with van der Waals surface area (Å²) in [7, 11) is 2.10. The van der Waals surface area contributed by atoms with E-state index in [1.165, 1.54) is 12.1 Å². The summed E-state index contributed by atoms with van der Waals surface area (Å²) in [6, 6.07) is 3.93. The lowest BCUT2D eigenvalue weighted by Gasteiger charge is -2.53. The quantitative estimate of drug-likeness (QED) is 0.411. The molecule has 2 fully saturated rings. The third kappa shape index (κ3) is 6.74. The van der Waals surface area contributed by atoms with E-state index in [2.05, 4.69) is 72.1 Å². The van der Waals surface area contributed by atoms with Gasteiger partial charge in [0.2, 0.25) is 5.95 Å². The Morgan fingerprint density at radius 1 is 1.03 bits per heavy atom. The topological polar surface area (TPSA) is 59.6 Å². The number of nitrogens with one attached hydrogen (secondary N) is 2. The molecular formula is C28H41F4N7. The van der Waals surface area contributed by atoms with E-state index in [1.54, 1.807) is 4.90 Å². The fourth-order valence-corrected chi connectivity index (χ4v) is 5.96. The maximum atomic E-state index is 14.7. The van der Waals surface area contributed by atoms with Crippen molar-refractivity contribution in [2.75, 3.05) is 55.3 Å². The highest BCUT2D eigenvalue weighted by Gasteiger charge is 2.43. The summed E-state index contributed by atoms with van der Waals surface area (Å²) in [6.07, 6.45) is -0.788. The Kier molecular flexibility index (Phi) is 8.33. The summed E-state index contributed by atoms with van der Waals surface area (Å²) >= 11 is 0. The van der Waals surface area contributed by atoms with Crippen LogP contribution >= 0.6 is 0 Å². The maximum Gasteiger partial charge on any atom is 0.418 e. The van der Waals surface area contributed by atoms with Crippen LogP contribution in [-0.2, 0) is 6.18 Å². The van der Waals surface area contributed by atoms with E-state index in [-0.39, 0.29) is 34.6 Å². The average Bonchev–Trinajstić information content (AvgIpc) is 2.84. The maximum absolute atomic E-state index is 14.7. The molecule has 4 rings (SSSR count). The first-order valence-corrected chi connectivity index (χ1v) is 13.7. The molecule has 0 atom stereocenters. The molecule has 1 aromatic carbocycles. The van der Waals surface area contributed by atoms with Crippen LogP contribution in [0.3, 0.4) is 0 Å². The van der Waals surface area contributed by atoms with Gasteiger partial charge in [0.05, 0.1) is 17.4 Å². The summed E-state index contributed by atoms with van der Waals surface area (Å²) in [5.41, 5.74) is -0.328. The average molecular weight is 552 g/mol. The molecule has 39 heavy (non-hydrogen) atoms. The van der Waals surface area contributed by atoms with Gasteiger partial charge in [-0.25, -0.2) is 9.37 Å². The first-order valence-electron chi connectivity index (χ1n) is 13.7. The van der Waals surface area contributed by atoms with Crippen LogP contribution in [0.5, 0.6) is 0 Å². The fraction of sp³-hybridized carbons (Fsp3) is 0.643.